The molecule has 0 aromatic heterocycles. The van der Waals surface area contributed by atoms with Gasteiger partial charge in [0.05, 0.1) is 7.11 Å². The molecule has 1 aromatic rings. The molecule has 0 spiro atoms. The van der Waals surface area contributed by atoms with Crippen molar-refractivity contribution < 1.29 is 19.5 Å². The number of rotatable bonds is 4. The van der Waals surface area contributed by atoms with Gasteiger partial charge < -0.3 is 10.4 Å². The van der Waals surface area contributed by atoms with Gasteiger partial charge in [0.25, 0.3) is 5.91 Å². The van der Waals surface area contributed by atoms with Gasteiger partial charge in [-0.15, -0.1) is 0 Å². The summed E-state index contributed by atoms with van der Waals surface area (Å²) in [6.07, 6.45) is -1.27. The maximum absolute atomic E-state index is 11.9. The molecule has 0 saturated heterocycles. The van der Waals surface area contributed by atoms with Crippen LogP contribution in [0.25, 0.3) is 0 Å². The highest BCUT2D eigenvalue weighted by Gasteiger charge is 2.25. The molecule has 2 amide bonds. The molecule has 0 aliphatic carbocycles. The van der Waals surface area contributed by atoms with Gasteiger partial charge in [-0.3, -0.25) is 9.63 Å². The Morgan fingerprint density at radius 1 is 1.35 bits per heavy atom. The minimum atomic E-state index is -1.27. The molecule has 1 rings (SSSR count). The van der Waals surface area contributed by atoms with Crippen LogP contribution < -0.4 is 5.32 Å². The maximum Gasteiger partial charge on any atom is 0.405 e. The second-order valence-corrected chi connectivity index (χ2v) is 3.31. The molecule has 6 nitrogen and oxygen atoms in total. The second kappa shape index (κ2) is 5.86. The van der Waals surface area contributed by atoms with Crippen molar-refractivity contribution in [2.45, 2.75) is 6.04 Å². The van der Waals surface area contributed by atoms with Crippen molar-refractivity contribution >= 4 is 12.0 Å². The Morgan fingerprint density at radius 3 is 2.41 bits per heavy atom. The summed E-state index contributed by atoms with van der Waals surface area (Å²) in [5, 5.41) is 11.9. The summed E-state index contributed by atoms with van der Waals surface area (Å²) < 4.78 is 0. The van der Waals surface area contributed by atoms with Crippen LogP contribution in [-0.2, 0) is 9.63 Å². The van der Waals surface area contributed by atoms with E-state index in [1.165, 1.54) is 14.2 Å². The number of carbonyl (C=O) groups excluding carboxylic acids is 1. The van der Waals surface area contributed by atoms with Gasteiger partial charge in [0, 0.05) is 7.05 Å². The van der Waals surface area contributed by atoms with Crippen LogP contribution in [0, 0.1) is 0 Å². The van der Waals surface area contributed by atoms with E-state index in [-0.39, 0.29) is 0 Å². The van der Waals surface area contributed by atoms with Gasteiger partial charge in [-0.1, -0.05) is 30.3 Å². The van der Waals surface area contributed by atoms with Gasteiger partial charge in [0.15, 0.2) is 0 Å². The predicted octanol–water partition coefficient (Wildman–Crippen LogP) is 1.02. The van der Waals surface area contributed by atoms with Crippen molar-refractivity contribution in [3.63, 3.8) is 0 Å². The van der Waals surface area contributed by atoms with Crippen LogP contribution in [-0.4, -0.2) is 36.3 Å². The van der Waals surface area contributed by atoms with Crippen molar-refractivity contribution in [2.24, 2.45) is 0 Å². The third-order valence-corrected chi connectivity index (χ3v) is 2.23. The number of hydrogen-bond donors (Lipinski definition) is 2. The zero-order valence-corrected chi connectivity index (χ0v) is 9.58. The Bertz CT molecular complexity index is 394. The molecule has 1 aromatic carbocycles. The van der Waals surface area contributed by atoms with Gasteiger partial charge in [-0.05, 0) is 5.56 Å². The average molecular weight is 238 g/mol. The second-order valence-electron chi connectivity index (χ2n) is 3.31. The highest BCUT2D eigenvalue weighted by molar-refractivity contribution is 5.85. The van der Waals surface area contributed by atoms with E-state index in [1.54, 1.807) is 30.3 Å². The summed E-state index contributed by atoms with van der Waals surface area (Å²) in [6, 6.07) is 7.60. The monoisotopic (exact) mass is 238 g/mol. The van der Waals surface area contributed by atoms with E-state index in [4.69, 9.17) is 9.94 Å². The first-order valence-corrected chi connectivity index (χ1v) is 4.92. The fourth-order valence-electron chi connectivity index (χ4n) is 1.33. The van der Waals surface area contributed by atoms with Gasteiger partial charge >= 0.3 is 6.09 Å². The predicted molar refractivity (Wildman–Crippen MR) is 60.1 cm³/mol. The van der Waals surface area contributed by atoms with Crippen LogP contribution in [0.3, 0.4) is 0 Å². The lowest BCUT2D eigenvalue weighted by atomic mass is 10.1. The smallest absolute Gasteiger partial charge is 0.405 e. The Labute approximate surface area is 98.8 Å². The van der Waals surface area contributed by atoms with Gasteiger partial charge in [0.2, 0.25) is 0 Å². The minimum Gasteiger partial charge on any atom is -0.465 e. The number of benzene rings is 1. The molecule has 0 radical (unpaired) electrons. The van der Waals surface area contributed by atoms with Gasteiger partial charge in [-0.2, -0.15) is 0 Å². The molecule has 0 fully saturated rings. The van der Waals surface area contributed by atoms with Gasteiger partial charge in [-0.25, -0.2) is 9.86 Å². The van der Waals surface area contributed by atoms with E-state index >= 15 is 0 Å². The van der Waals surface area contributed by atoms with Crippen molar-refractivity contribution in [3.8, 4) is 0 Å². The Kier molecular flexibility index (Phi) is 4.47. The molecule has 0 aliphatic rings. The number of nitrogens with one attached hydrogen (secondary N) is 1. The van der Waals surface area contributed by atoms with Crippen molar-refractivity contribution in [1.29, 1.82) is 0 Å². The quantitative estimate of drug-likeness (QED) is 0.767. The summed E-state index contributed by atoms with van der Waals surface area (Å²) in [5.41, 5.74) is 0.559. The van der Waals surface area contributed by atoms with E-state index < -0.39 is 18.0 Å². The largest absolute Gasteiger partial charge is 0.465 e. The van der Waals surface area contributed by atoms with Crippen LogP contribution in [0.15, 0.2) is 30.3 Å². The van der Waals surface area contributed by atoms with Crippen LogP contribution >= 0.6 is 0 Å². The van der Waals surface area contributed by atoms with E-state index in [2.05, 4.69) is 5.32 Å². The first-order chi connectivity index (χ1) is 8.06. The third-order valence-electron chi connectivity index (χ3n) is 2.23. The SMILES string of the molecule is CON(C)C(=O)C(NC(=O)O)c1ccccc1. The molecule has 92 valence electrons. The van der Waals surface area contributed by atoms with Crippen LogP contribution in [0.5, 0.6) is 0 Å². The molecule has 6 heteroatoms. The fourth-order valence-corrected chi connectivity index (χ4v) is 1.33. The molecule has 1 atom stereocenters. The minimum absolute atomic E-state index is 0.485. The van der Waals surface area contributed by atoms with E-state index in [0.29, 0.717) is 5.56 Å². The van der Waals surface area contributed by atoms with Crippen molar-refractivity contribution in [1.82, 2.24) is 10.4 Å². The number of hydrogen-bond acceptors (Lipinski definition) is 3. The Hall–Kier alpha value is -2.08. The van der Waals surface area contributed by atoms with Crippen LogP contribution in [0.4, 0.5) is 4.79 Å². The fraction of sp³-hybridized carbons (Fsp3) is 0.273. The summed E-state index contributed by atoms with van der Waals surface area (Å²) in [7, 11) is 2.75. The molecule has 0 bridgehead atoms. The van der Waals surface area contributed by atoms with Crippen molar-refractivity contribution in [3.05, 3.63) is 35.9 Å². The zero-order chi connectivity index (χ0) is 12.8. The van der Waals surface area contributed by atoms with Crippen LogP contribution in [0.2, 0.25) is 0 Å². The number of carboxylic acid groups (broad SMARTS) is 1. The molecule has 2 N–H and O–H groups in total. The highest BCUT2D eigenvalue weighted by Crippen LogP contribution is 2.15. The third kappa shape index (κ3) is 3.46. The average Bonchev–Trinajstić information content (AvgIpc) is 2.35. The lowest BCUT2D eigenvalue weighted by Gasteiger charge is -2.21. The normalized spacial score (nSPS) is 11.6. The number of carbonyl (C=O) groups is 2. The Morgan fingerprint density at radius 2 is 1.94 bits per heavy atom. The van der Waals surface area contributed by atoms with Gasteiger partial charge in [0.1, 0.15) is 6.04 Å². The summed E-state index contributed by atoms with van der Waals surface area (Å²) in [4.78, 5) is 27.3. The van der Waals surface area contributed by atoms with E-state index in [9.17, 15) is 9.59 Å². The lowest BCUT2D eigenvalue weighted by molar-refractivity contribution is -0.171. The number of likely N-dealkylation sites (N-methyl/N-ethyl adjacent to an activating group) is 1. The number of hydroxylamine groups is 2. The van der Waals surface area contributed by atoms with E-state index in [1.807, 2.05) is 0 Å². The molecule has 0 aliphatic heterocycles. The summed E-state index contributed by atoms with van der Waals surface area (Å²) in [5.74, 6) is -0.485. The first kappa shape index (κ1) is 13.0. The molecule has 1 unspecified atom stereocenters. The number of nitrogens with zero attached hydrogens (tertiary/aromatic N) is 1. The zero-order valence-electron chi connectivity index (χ0n) is 9.58. The summed E-state index contributed by atoms with van der Waals surface area (Å²) >= 11 is 0. The summed E-state index contributed by atoms with van der Waals surface area (Å²) in [6.45, 7) is 0. The standard InChI is InChI=1S/C11H14N2O4/c1-13(17-2)10(14)9(12-11(15)16)8-6-4-3-5-7-8/h3-7,9,12H,1-2H3,(H,15,16). The molecular formula is C11H14N2O4. The Balaban J connectivity index is 2.96. The molecule has 17 heavy (non-hydrogen) atoms. The topological polar surface area (TPSA) is 78.9 Å². The van der Waals surface area contributed by atoms with E-state index in [0.717, 1.165) is 5.06 Å². The molecular weight excluding hydrogens is 224 g/mol. The first-order valence-electron chi connectivity index (χ1n) is 4.92. The molecule has 0 heterocycles. The van der Waals surface area contributed by atoms with Crippen molar-refractivity contribution in [2.75, 3.05) is 14.2 Å². The van der Waals surface area contributed by atoms with Crippen LogP contribution in [0.1, 0.15) is 11.6 Å². The maximum atomic E-state index is 11.9. The number of amides is 2. The lowest BCUT2D eigenvalue weighted by Crippen LogP contribution is -2.40. The molecule has 0 saturated carbocycles. The highest BCUT2D eigenvalue weighted by atomic mass is 16.7.